The monoisotopic (exact) mass is 256 g/mol. The summed E-state index contributed by atoms with van der Waals surface area (Å²) in [7, 11) is 0. The molecule has 1 fully saturated rings. The number of unbranched alkanes of at least 4 members (excludes halogenated alkanes) is 5. The highest BCUT2D eigenvalue weighted by Gasteiger charge is 2.37. The molecule has 1 rings (SSSR count). The summed E-state index contributed by atoms with van der Waals surface area (Å²) in [4.78, 5) is 0. The molecule has 0 bridgehead atoms. The summed E-state index contributed by atoms with van der Waals surface area (Å²) in [5.74, 6) is 0. The van der Waals surface area contributed by atoms with Crippen molar-refractivity contribution in [3.63, 3.8) is 0 Å². The van der Waals surface area contributed by atoms with Crippen LogP contribution in [0.1, 0.15) is 84.5 Å². The molecule has 108 valence electrons. The van der Waals surface area contributed by atoms with E-state index in [1.54, 1.807) is 0 Å². The number of hydrogen-bond donors (Lipinski definition) is 1. The Labute approximate surface area is 113 Å². The summed E-state index contributed by atoms with van der Waals surface area (Å²) in [5, 5.41) is 9.65. The van der Waals surface area contributed by atoms with Gasteiger partial charge in [0.25, 0.3) is 0 Å². The van der Waals surface area contributed by atoms with E-state index in [9.17, 15) is 5.11 Å². The van der Waals surface area contributed by atoms with Gasteiger partial charge in [-0.25, -0.2) is 0 Å². The van der Waals surface area contributed by atoms with Crippen molar-refractivity contribution in [2.24, 2.45) is 0 Å². The van der Waals surface area contributed by atoms with Crippen molar-refractivity contribution in [2.75, 3.05) is 0 Å². The molecule has 1 heterocycles. The molecule has 0 aliphatic carbocycles. The van der Waals surface area contributed by atoms with Gasteiger partial charge in [0, 0.05) is 0 Å². The summed E-state index contributed by atoms with van der Waals surface area (Å²) >= 11 is 0. The fraction of sp³-hybridized carbons (Fsp3) is 1.00. The van der Waals surface area contributed by atoms with Crippen LogP contribution in [0.15, 0.2) is 0 Å². The average Bonchev–Trinajstić information content (AvgIpc) is 3.10. The van der Waals surface area contributed by atoms with Crippen LogP contribution in [0.3, 0.4) is 0 Å². The van der Waals surface area contributed by atoms with Gasteiger partial charge >= 0.3 is 0 Å². The zero-order chi connectivity index (χ0) is 13.2. The third kappa shape index (κ3) is 7.38. The van der Waals surface area contributed by atoms with Crippen molar-refractivity contribution in [3.05, 3.63) is 0 Å². The zero-order valence-corrected chi connectivity index (χ0v) is 12.4. The summed E-state index contributed by atoms with van der Waals surface area (Å²) in [6, 6.07) is 0. The van der Waals surface area contributed by atoms with E-state index in [1.807, 2.05) is 0 Å². The van der Waals surface area contributed by atoms with E-state index in [1.165, 1.54) is 44.9 Å². The lowest BCUT2D eigenvalue weighted by Gasteiger charge is -2.06. The topological polar surface area (TPSA) is 32.8 Å². The Morgan fingerprint density at radius 1 is 0.833 bits per heavy atom. The molecular weight excluding hydrogens is 224 g/mol. The fourth-order valence-corrected chi connectivity index (χ4v) is 2.65. The van der Waals surface area contributed by atoms with Crippen LogP contribution in [-0.2, 0) is 4.74 Å². The van der Waals surface area contributed by atoms with Crippen LogP contribution in [0.5, 0.6) is 0 Å². The molecular formula is C16H32O2. The Balaban J connectivity index is 1.85. The molecule has 2 nitrogen and oxygen atoms in total. The zero-order valence-electron chi connectivity index (χ0n) is 12.4. The quantitative estimate of drug-likeness (QED) is 0.413. The molecule has 3 atom stereocenters. The predicted octanol–water partition coefficient (Wildman–Crippen LogP) is 4.45. The van der Waals surface area contributed by atoms with E-state index < -0.39 is 0 Å². The van der Waals surface area contributed by atoms with Crippen molar-refractivity contribution in [1.82, 2.24) is 0 Å². The molecule has 0 spiro atoms. The highest BCUT2D eigenvalue weighted by molar-refractivity contribution is 4.85. The molecule has 0 aromatic heterocycles. The molecule has 0 radical (unpaired) electrons. The Kier molecular flexibility index (Phi) is 8.70. The Morgan fingerprint density at radius 2 is 1.50 bits per heavy atom. The SMILES string of the molecule is CCCCCCCCC1OC1CCC(O)CCC. The number of rotatable bonds is 12. The second kappa shape index (κ2) is 9.80. The minimum Gasteiger partial charge on any atom is -0.393 e. The predicted molar refractivity (Wildman–Crippen MR) is 76.8 cm³/mol. The van der Waals surface area contributed by atoms with Gasteiger partial charge in [0.2, 0.25) is 0 Å². The second-order valence-electron chi connectivity index (χ2n) is 5.79. The van der Waals surface area contributed by atoms with Gasteiger partial charge in [-0.1, -0.05) is 58.8 Å². The first-order valence-electron chi connectivity index (χ1n) is 8.11. The molecule has 0 aromatic carbocycles. The van der Waals surface area contributed by atoms with Crippen LogP contribution in [0.25, 0.3) is 0 Å². The molecule has 3 unspecified atom stereocenters. The minimum absolute atomic E-state index is 0.103. The Hall–Kier alpha value is -0.0800. The third-order valence-electron chi connectivity index (χ3n) is 3.94. The lowest BCUT2D eigenvalue weighted by molar-refractivity contribution is 0.147. The van der Waals surface area contributed by atoms with Crippen LogP contribution in [-0.4, -0.2) is 23.4 Å². The van der Waals surface area contributed by atoms with Gasteiger partial charge in [-0.3, -0.25) is 0 Å². The highest BCUT2D eigenvalue weighted by atomic mass is 16.6. The van der Waals surface area contributed by atoms with E-state index in [0.29, 0.717) is 12.2 Å². The average molecular weight is 256 g/mol. The van der Waals surface area contributed by atoms with Crippen molar-refractivity contribution in [1.29, 1.82) is 0 Å². The maximum atomic E-state index is 9.65. The summed E-state index contributed by atoms with van der Waals surface area (Å²) < 4.78 is 5.66. The maximum Gasteiger partial charge on any atom is 0.0842 e. The van der Waals surface area contributed by atoms with Gasteiger partial charge in [0.15, 0.2) is 0 Å². The summed E-state index contributed by atoms with van der Waals surface area (Å²) in [5.41, 5.74) is 0. The standard InChI is InChI=1S/C16H32O2/c1-3-5-6-7-8-9-11-15-16(18-15)13-12-14(17)10-4-2/h14-17H,3-13H2,1-2H3. The molecule has 1 aliphatic rings. The van der Waals surface area contributed by atoms with Gasteiger partial charge in [0.1, 0.15) is 0 Å². The number of aliphatic hydroxyl groups is 1. The van der Waals surface area contributed by atoms with Gasteiger partial charge in [0.05, 0.1) is 18.3 Å². The summed E-state index contributed by atoms with van der Waals surface area (Å²) in [6.07, 6.45) is 14.3. The highest BCUT2D eigenvalue weighted by Crippen LogP contribution is 2.31. The number of aliphatic hydroxyl groups excluding tert-OH is 1. The van der Waals surface area contributed by atoms with E-state index >= 15 is 0 Å². The maximum absolute atomic E-state index is 9.65. The van der Waals surface area contributed by atoms with Crippen LogP contribution in [0.2, 0.25) is 0 Å². The van der Waals surface area contributed by atoms with E-state index in [0.717, 1.165) is 25.7 Å². The molecule has 1 aliphatic heterocycles. The fourth-order valence-electron chi connectivity index (χ4n) is 2.65. The van der Waals surface area contributed by atoms with Gasteiger partial charge < -0.3 is 9.84 Å². The Bertz CT molecular complexity index is 194. The number of ether oxygens (including phenoxy) is 1. The lowest BCUT2D eigenvalue weighted by Crippen LogP contribution is -2.07. The number of epoxide rings is 1. The van der Waals surface area contributed by atoms with Crippen LogP contribution >= 0.6 is 0 Å². The smallest absolute Gasteiger partial charge is 0.0842 e. The van der Waals surface area contributed by atoms with Gasteiger partial charge in [-0.05, 0) is 25.7 Å². The molecule has 18 heavy (non-hydrogen) atoms. The molecule has 1 saturated heterocycles. The molecule has 0 aromatic rings. The van der Waals surface area contributed by atoms with Crippen molar-refractivity contribution in [3.8, 4) is 0 Å². The van der Waals surface area contributed by atoms with E-state index in [2.05, 4.69) is 13.8 Å². The molecule has 0 saturated carbocycles. The normalized spacial score (nSPS) is 24.2. The lowest BCUT2D eigenvalue weighted by atomic mass is 10.0. The van der Waals surface area contributed by atoms with Crippen LogP contribution in [0.4, 0.5) is 0 Å². The minimum atomic E-state index is -0.103. The van der Waals surface area contributed by atoms with Crippen LogP contribution < -0.4 is 0 Å². The molecule has 2 heteroatoms. The van der Waals surface area contributed by atoms with Crippen molar-refractivity contribution in [2.45, 2.75) is 103 Å². The van der Waals surface area contributed by atoms with Gasteiger partial charge in [-0.15, -0.1) is 0 Å². The van der Waals surface area contributed by atoms with Gasteiger partial charge in [-0.2, -0.15) is 0 Å². The first-order chi connectivity index (χ1) is 8.77. The third-order valence-corrected chi connectivity index (χ3v) is 3.94. The summed E-state index contributed by atoms with van der Waals surface area (Å²) in [6.45, 7) is 4.38. The molecule has 0 amide bonds. The van der Waals surface area contributed by atoms with Crippen molar-refractivity contribution >= 4 is 0 Å². The Morgan fingerprint density at radius 3 is 2.22 bits per heavy atom. The van der Waals surface area contributed by atoms with Crippen LogP contribution in [0, 0.1) is 0 Å². The first kappa shape index (κ1) is 16.0. The van der Waals surface area contributed by atoms with E-state index in [4.69, 9.17) is 4.74 Å². The largest absolute Gasteiger partial charge is 0.393 e. The van der Waals surface area contributed by atoms with E-state index in [-0.39, 0.29) is 6.10 Å². The second-order valence-corrected chi connectivity index (χ2v) is 5.79. The molecule has 1 N–H and O–H groups in total. The first-order valence-corrected chi connectivity index (χ1v) is 8.11. The number of hydrogen-bond acceptors (Lipinski definition) is 2. The van der Waals surface area contributed by atoms with Crippen molar-refractivity contribution < 1.29 is 9.84 Å².